The van der Waals surface area contributed by atoms with Gasteiger partial charge in [-0.05, 0) is 5.53 Å². The Morgan fingerprint density at radius 2 is 2.43 bits per heavy atom. The van der Waals surface area contributed by atoms with Crippen molar-refractivity contribution in [3.05, 3.63) is 10.4 Å². The number of nitrogens with zero attached hydrogens (tertiary/aromatic N) is 3. The number of aliphatic hydroxyl groups is 1. The third-order valence-electron chi connectivity index (χ3n) is 2.52. The maximum absolute atomic E-state index is 9.74. The van der Waals surface area contributed by atoms with Crippen LogP contribution >= 0.6 is 0 Å². The molecule has 2 aliphatic heterocycles. The van der Waals surface area contributed by atoms with Crippen LogP contribution in [-0.4, -0.2) is 49.5 Å². The Morgan fingerprint density at radius 3 is 3.07 bits per heavy atom. The molecule has 2 fully saturated rings. The highest BCUT2D eigenvalue weighted by atomic mass is 16.7. The summed E-state index contributed by atoms with van der Waals surface area (Å²) in [4.78, 5) is 2.68. The van der Waals surface area contributed by atoms with Gasteiger partial charge in [0.2, 0.25) is 0 Å². The zero-order valence-electron chi connectivity index (χ0n) is 7.61. The first-order valence-corrected chi connectivity index (χ1v) is 4.30. The molecule has 2 saturated heterocycles. The molecule has 0 aromatic carbocycles. The smallest absolute Gasteiger partial charge is 0.169 e. The van der Waals surface area contributed by atoms with Gasteiger partial charge in [0, 0.05) is 12.0 Å². The molecule has 0 aliphatic carbocycles. The lowest BCUT2D eigenvalue weighted by atomic mass is 9.99. The van der Waals surface area contributed by atoms with E-state index >= 15 is 0 Å². The lowest BCUT2D eigenvalue weighted by Gasteiger charge is -2.35. The van der Waals surface area contributed by atoms with Crippen LogP contribution in [0.3, 0.4) is 0 Å². The molecule has 7 heteroatoms. The van der Waals surface area contributed by atoms with Gasteiger partial charge in [-0.1, -0.05) is 5.11 Å². The van der Waals surface area contributed by atoms with Gasteiger partial charge in [-0.25, -0.2) is 0 Å². The van der Waals surface area contributed by atoms with Gasteiger partial charge < -0.3 is 19.3 Å². The SMILES string of the molecule is CO[C@H]1C(N=[N+]=[N-])[C@@H]2OCC(O2)[C@H]1O. The van der Waals surface area contributed by atoms with Crippen LogP contribution in [0.5, 0.6) is 0 Å². The summed E-state index contributed by atoms with van der Waals surface area (Å²) in [6.45, 7) is 0.309. The number of aliphatic hydroxyl groups excluding tert-OH is 1. The van der Waals surface area contributed by atoms with Gasteiger partial charge in [-0.3, -0.25) is 0 Å². The summed E-state index contributed by atoms with van der Waals surface area (Å²) in [5.41, 5.74) is 8.36. The zero-order chi connectivity index (χ0) is 10.1. The molecule has 0 aromatic rings. The van der Waals surface area contributed by atoms with E-state index in [4.69, 9.17) is 19.7 Å². The second-order valence-electron chi connectivity index (χ2n) is 3.26. The molecule has 0 radical (unpaired) electrons. The Kier molecular flexibility index (Phi) is 2.58. The molecule has 0 amide bonds. The molecule has 2 unspecified atom stereocenters. The van der Waals surface area contributed by atoms with Crippen molar-refractivity contribution in [3.63, 3.8) is 0 Å². The molecule has 0 saturated carbocycles. The molecule has 5 atom stereocenters. The van der Waals surface area contributed by atoms with Gasteiger partial charge >= 0.3 is 0 Å². The molecular formula is C7H11N3O4. The minimum absolute atomic E-state index is 0.309. The van der Waals surface area contributed by atoms with Gasteiger partial charge in [0.25, 0.3) is 0 Å². The third kappa shape index (κ3) is 1.35. The topological polar surface area (TPSA) is 96.7 Å². The van der Waals surface area contributed by atoms with Crippen molar-refractivity contribution in [3.8, 4) is 0 Å². The van der Waals surface area contributed by atoms with E-state index in [1.165, 1.54) is 7.11 Å². The van der Waals surface area contributed by atoms with Crippen molar-refractivity contribution in [1.29, 1.82) is 0 Å². The van der Waals surface area contributed by atoms with Crippen molar-refractivity contribution in [1.82, 2.24) is 0 Å². The summed E-state index contributed by atoms with van der Waals surface area (Å²) in [7, 11) is 1.46. The van der Waals surface area contributed by atoms with E-state index in [1.807, 2.05) is 0 Å². The predicted octanol–water partition coefficient (Wildman–Crippen LogP) is -0.204. The number of azide groups is 1. The lowest BCUT2D eigenvalue weighted by Crippen LogP contribution is -2.53. The molecule has 2 bridgehead atoms. The fourth-order valence-electron chi connectivity index (χ4n) is 1.83. The average molecular weight is 201 g/mol. The largest absolute Gasteiger partial charge is 0.388 e. The van der Waals surface area contributed by atoms with Gasteiger partial charge in [-0.2, -0.15) is 0 Å². The summed E-state index contributed by atoms with van der Waals surface area (Å²) in [6, 6.07) is -0.626. The summed E-state index contributed by atoms with van der Waals surface area (Å²) >= 11 is 0. The normalized spacial score (nSPS) is 46.0. The van der Waals surface area contributed by atoms with Crippen molar-refractivity contribution in [2.24, 2.45) is 5.11 Å². The first-order valence-electron chi connectivity index (χ1n) is 4.30. The number of hydrogen-bond donors (Lipinski definition) is 1. The number of fused-ring (bicyclic) bond motifs is 2. The Hall–Kier alpha value is -0.850. The highest BCUT2D eigenvalue weighted by Crippen LogP contribution is 2.31. The molecular weight excluding hydrogens is 190 g/mol. The van der Waals surface area contributed by atoms with Crippen LogP contribution in [0, 0.1) is 0 Å². The number of hydrogen-bond acceptors (Lipinski definition) is 5. The Balaban J connectivity index is 2.23. The number of rotatable bonds is 2. The van der Waals surface area contributed by atoms with E-state index in [2.05, 4.69) is 10.0 Å². The third-order valence-corrected chi connectivity index (χ3v) is 2.52. The summed E-state index contributed by atoms with van der Waals surface area (Å²) in [5, 5.41) is 13.2. The van der Waals surface area contributed by atoms with Crippen LogP contribution in [0.2, 0.25) is 0 Å². The minimum atomic E-state index is -0.811. The van der Waals surface area contributed by atoms with E-state index in [9.17, 15) is 5.11 Å². The quantitative estimate of drug-likeness (QED) is 0.380. The van der Waals surface area contributed by atoms with E-state index in [-0.39, 0.29) is 6.10 Å². The van der Waals surface area contributed by atoms with E-state index in [1.54, 1.807) is 0 Å². The Labute approximate surface area is 80.2 Å². The predicted molar refractivity (Wildman–Crippen MR) is 44.4 cm³/mol. The molecule has 78 valence electrons. The van der Waals surface area contributed by atoms with E-state index in [0.717, 1.165) is 0 Å². The molecule has 7 nitrogen and oxygen atoms in total. The Bertz CT molecular complexity index is 268. The molecule has 2 aliphatic rings. The van der Waals surface area contributed by atoms with Gasteiger partial charge in [-0.15, -0.1) is 0 Å². The van der Waals surface area contributed by atoms with E-state index in [0.29, 0.717) is 6.61 Å². The highest BCUT2D eigenvalue weighted by Gasteiger charge is 2.50. The fraction of sp³-hybridized carbons (Fsp3) is 1.00. The second-order valence-corrected chi connectivity index (χ2v) is 3.26. The van der Waals surface area contributed by atoms with Crippen LogP contribution in [0.4, 0.5) is 0 Å². The van der Waals surface area contributed by atoms with Crippen molar-refractivity contribution in [2.75, 3.05) is 13.7 Å². The maximum Gasteiger partial charge on any atom is 0.169 e. The van der Waals surface area contributed by atoms with Crippen LogP contribution in [0.1, 0.15) is 0 Å². The maximum atomic E-state index is 9.74. The van der Waals surface area contributed by atoms with Gasteiger partial charge in [0.05, 0.1) is 12.7 Å². The number of methoxy groups -OCH3 is 1. The van der Waals surface area contributed by atoms with Crippen LogP contribution in [-0.2, 0) is 14.2 Å². The molecule has 2 heterocycles. The summed E-state index contributed by atoms with van der Waals surface area (Å²) in [6.07, 6.45) is -2.34. The molecule has 0 spiro atoms. The summed E-state index contributed by atoms with van der Waals surface area (Å²) < 4.78 is 15.6. The van der Waals surface area contributed by atoms with Crippen LogP contribution in [0.25, 0.3) is 10.4 Å². The van der Waals surface area contributed by atoms with Crippen molar-refractivity contribution < 1.29 is 19.3 Å². The lowest BCUT2D eigenvalue weighted by molar-refractivity contribution is -0.185. The highest BCUT2D eigenvalue weighted by molar-refractivity contribution is 4.97. The fourth-order valence-corrected chi connectivity index (χ4v) is 1.83. The zero-order valence-corrected chi connectivity index (χ0v) is 7.61. The van der Waals surface area contributed by atoms with Crippen molar-refractivity contribution in [2.45, 2.75) is 30.6 Å². The van der Waals surface area contributed by atoms with E-state index < -0.39 is 24.5 Å². The first kappa shape index (κ1) is 9.70. The molecule has 1 N–H and O–H groups in total. The standard InChI is InChI=1S/C7H11N3O4/c1-12-6-4(9-10-8)7-13-2-3(14-7)5(6)11/h3-7,11H,2H2,1H3/t3?,4?,5-,6+,7-/m1/s1. The summed E-state index contributed by atoms with van der Waals surface area (Å²) in [5.74, 6) is 0. The van der Waals surface area contributed by atoms with Gasteiger partial charge in [0.1, 0.15) is 18.2 Å². The number of ether oxygens (including phenoxy) is 3. The van der Waals surface area contributed by atoms with Gasteiger partial charge in [0.15, 0.2) is 6.29 Å². The monoisotopic (exact) mass is 201 g/mol. The molecule has 0 aromatic heterocycles. The second kappa shape index (κ2) is 3.72. The van der Waals surface area contributed by atoms with Crippen LogP contribution < -0.4 is 0 Å². The first-order chi connectivity index (χ1) is 6.77. The van der Waals surface area contributed by atoms with Crippen molar-refractivity contribution >= 4 is 0 Å². The average Bonchev–Trinajstić information content (AvgIpc) is 2.61. The minimum Gasteiger partial charge on any atom is -0.388 e. The molecule has 14 heavy (non-hydrogen) atoms. The Morgan fingerprint density at radius 1 is 1.64 bits per heavy atom. The van der Waals surface area contributed by atoms with Crippen LogP contribution in [0.15, 0.2) is 5.11 Å². The molecule has 2 rings (SSSR count).